The molecular weight excluding hydrogens is 144 g/mol. The van der Waals surface area contributed by atoms with Gasteiger partial charge < -0.3 is 10.1 Å². The summed E-state index contributed by atoms with van der Waals surface area (Å²) in [5.74, 6) is -0.0848. The summed E-state index contributed by atoms with van der Waals surface area (Å²) in [7, 11) is 0. The molecule has 62 valence electrons. The Kier molecular flexibility index (Phi) is 4.98. The minimum absolute atomic E-state index is 0.0848. The molecule has 0 aromatic carbocycles. The zero-order chi connectivity index (χ0) is 8.69. The summed E-state index contributed by atoms with van der Waals surface area (Å²) in [6.07, 6.45) is 4.69. The molecule has 0 amide bonds. The lowest BCUT2D eigenvalue weighted by molar-refractivity contribution is -0.426. The van der Waals surface area contributed by atoms with E-state index >= 15 is 0 Å². The fraction of sp³-hybridized carbons (Fsp3) is 0.571. The molecule has 0 aliphatic rings. The van der Waals surface area contributed by atoms with Gasteiger partial charge in [0.05, 0.1) is 0 Å². The van der Waals surface area contributed by atoms with Crippen LogP contribution in [0.3, 0.4) is 0 Å². The first-order valence-electron chi connectivity index (χ1n) is 3.55. The highest BCUT2D eigenvalue weighted by molar-refractivity contribution is 5.58. The second kappa shape index (κ2) is 5.58. The van der Waals surface area contributed by atoms with Crippen LogP contribution in [0.25, 0.3) is 0 Å². The smallest absolute Gasteiger partial charge is 0.358 e. The predicted octanol–water partition coefficient (Wildman–Crippen LogP) is 2.00. The normalized spacial score (nSPS) is 12.4. The fourth-order valence-corrected chi connectivity index (χ4v) is 0.514. The lowest BCUT2D eigenvalue weighted by Crippen LogP contribution is -1.95. The van der Waals surface area contributed by atoms with Crippen LogP contribution in [-0.2, 0) is 0 Å². The molecule has 4 heteroatoms. The van der Waals surface area contributed by atoms with Gasteiger partial charge in [-0.1, -0.05) is 11.9 Å². The van der Waals surface area contributed by atoms with Gasteiger partial charge >= 0.3 is 5.82 Å². The van der Waals surface area contributed by atoms with E-state index < -0.39 is 4.92 Å². The van der Waals surface area contributed by atoms with Gasteiger partial charge in [0, 0.05) is 12.5 Å². The third kappa shape index (κ3) is 4.25. The average Bonchev–Trinajstić information content (AvgIpc) is 1.97. The quantitative estimate of drug-likeness (QED) is 0.355. The van der Waals surface area contributed by atoms with Gasteiger partial charge in [-0.3, -0.25) is 0 Å². The summed E-state index contributed by atoms with van der Waals surface area (Å²) in [5, 5.41) is 10.1. The fourth-order valence-electron chi connectivity index (χ4n) is 0.514. The molecule has 0 atom stereocenters. The molecule has 4 nitrogen and oxygen atoms in total. The average molecular weight is 156 g/mol. The highest BCUT2D eigenvalue weighted by Gasteiger charge is 2.02. The van der Waals surface area contributed by atoms with E-state index in [0.29, 0.717) is 0 Å². The van der Waals surface area contributed by atoms with Crippen molar-refractivity contribution < 1.29 is 4.92 Å². The third-order valence-electron chi connectivity index (χ3n) is 1.09. The Morgan fingerprint density at radius 3 is 2.73 bits per heavy atom. The standard InChI is InChI=1S/C7H12N2O2/c1-3-5-6-8-7(4-2)9(10)11/h4,6H,3,5H2,1-2H3. The highest BCUT2D eigenvalue weighted by Crippen LogP contribution is 1.96. The Labute approximate surface area is 65.8 Å². The minimum Gasteiger partial charge on any atom is -0.358 e. The van der Waals surface area contributed by atoms with Gasteiger partial charge in [0.15, 0.2) is 0 Å². The van der Waals surface area contributed by atoms with Crippen LogP contribution in [0.4, 0.5) is 0 Å². The first-order chi connectivity index (χ1) is 5.22. The Morgan fingerprint density at radius 1 is 1.73 bits per heavy atom. The van der Waals surface area contributed by atoms with Gasteiger partial charge in [0.25, 0.3) is 0 Å². The Morgan fingerprint density at radius 2 is 2.36 bits per heavy atom. The molecule has 0 aliphatic carbocycles. The molecule has 0 spiro atoms. The van der Waals surface area contributed by atoms with Gasteiger partial charge in [-0.25, -0.2) is 0 Å². The van der Waals surface area contributed by atoms with Crippen molar-refractivity contribution in [2.75, 3.05) is 0 Å². The van der Waals surface area contributed by atoms with Gasteiger partial charge in [0.1, 0.15) is 6.21 Å². The highest BCUT2D eigenvalue weighted by atomic mass is 16.6. The number of allylic oxidation sites excluding steroid dienone is 1. The number of nitrogens with zero attached hydrogens (tertiary/aromatic N) is 2. The maximum atomic E-state index is 10.1. The van der Waals surface area contributed by atoms with Gasteiger partial charge in [-0.15, -0.1) is 0 Å². The number of aliphatic imine (C=N–C) groups is 1. The van der Waals surface area contributed by atoms with E-state index in [1.165, 1.54) is 6.08 Å². The topological polar surface area (TPSA) is 55.5 Å². The summed E-state index contributed by atoms with van der Waals surface area (Å²) in [5.41, 5.74) is 0. The van der Waals surface area contributed by atoms with E-state index in [0.717, 1.165) is 12.8 Å². The van der Waals surface area contributed by atoms with Crippen molar-refractivity contribution in [3.05, 3.63) is 22.0 Å². The zero-order valence-electron chi connectivity index (χ0n) is 6.78. The van der Waals surface area contributed by atoms with Crippen molar-refractivity contribution in [3.8, 4) is 0 Å². The SMILES string of the molecule is CC=C(N=CCCC)[N+](=O)[O-]. The van der Waals surface area contributed by atoms with Crippen molar-refractivity contribution in [1.82, 2.24) is 0 Å². The predicted molar refractivity (Wildman–Crippen MR) is 44.2 cm³/mol. The summed E-state index contributed by atoms with van der Waals surface area (Å²) < 4.78 is 0. The van der Waals surface area contributed by atoms with Crippen LogP contribution in [-0.4, -0.2) is 11.1 Å². The van der Waals surface area contributed by atoms with E-state index in [2.05, 4.69) is 4.99 Å². The van der Waals surface area contributed by atoms with Crippen LogP contribution in [0.5, 0.6) is 0 Å². The van der Waals surface area contributed by atoms with Gasteiger partial charge in [0.2, 0.25) is 0 Å². The number of rotatable bonds is 4. The van der Waals surface area contributed by atoms with Crippen LogP contribution >= 0.6 is 0 Å². The van der Waals surface area contributed by atoms with Crippen molar-refractivity contribution in [2.24, 2.45) is 4.99 Å². The number of nitro groups is 1. The van der Waals surface area contributed by atoms with Crippen LogP contribution in [0.2, 0.25) is 0 Å². The van der Waals surface area contributed by atoms with E-state index in [1.54, 1.807) is 13.1 Å². The largest absolute Gasteiger partial charge is 0.358 e. The third-order valence-corrected chi connectivity index (χ3v) is 1.09. The number of unbranched alkanes of at least 4 members (excludes halogenated alkanes) is 1. The van der Waals surface area contributed by atoms with Crippen molar-refractivity contribution >= 4 is 6.21 Å². The molecule has 0 rings (SSSR count). The van der Waals surface area contributed by atoms with Gasteiger partial charge in [-0.2, -0.15) is 0 Å². The summed E-state index contributed by atoms with van der Waals surface area (Å²) in [6, 6.07) is 0. The van der Waals surface area contributed by atoms with E-state index in [4.69, 9.17) is 0 Å². The Bertz CT molecular complexity index is 185. The molecule has 0 N–H and O–H groups in total. The second-order valence-corrected chi connectivity index (χ2v) is 2.00. The summed E-state index contributed by atoms with van der Waals surface area (Å²) in [6.45, 7) is 3.59. The molecule has 0 aromatic rings. The molecule has 0 radical (unpaired) electrons. The van der Waals surface area contributed by atoms with Crippen molar-refractivity contribution in [3.63, 3.8) is 0 Å². The Hall–Kier alpha value is -1.19. The second-order valence-electron chi connectivity index (χ2n) is 2.00. The lowest BCUT2D eigenvalue weighted by atomic mass is 10.4. The van der Waals surface area contributed by atoms with Crippen LogP contribution in [0.1, 0.15) is 26.7 Å². The maximum absolute atomic E-state index is 10.1. The molecular formula is C7H12N2O2. The lowest BCUT2D eigenvalue weighted by Gasteiger charge is -1.88. The summed E-state index contributed by atoms with van der Waals surface area (Å²) in [4.78, 5) is 13.3. The monoisotopic (exact) mass is 156 g/mol. The van der Waals surface area contributed by atoms with Crippen LogP contribution < -0.4 is 0 Å². The molecule has 11 heavy (non-hydrogen) atoms. The van der Waals surface area contributed by atoms with Gasteiger partial charge in [-0.05, 0) is 18.3 Å². The van der Waals surface area contributed by atoms with Crippen LogP contribution in [0, 0.1) is 10.1 Å². The molecule has 0 bridgehead atoms. The molecule has 0 saturated heterocycles. The first kappa shape index (κ1) is 9.81. The molecule has 0 fully saturated rings. The van der Waals surface area contributed by atoms with E-state index in [-0.39, 0.29) is 5.82 Å². The minimum atomic E-state index is -0.494. The van der Waals surface area contributed by atoms with Crippen LogP contribution in [0.15, 0.2) is 16.9 Å². The molecule has 0 heterocycles. The van der Waals surface area contributed by atoms with Crippen molar-refractivity contribution in [2.45, 2.75) is 26.7 Å². The maximum Gasteiger partial charge on any atom is 0.358 e. The number of hydrogen-bond donors (Lipinski definition) is 0. The molecule has 0 saturated carbocycles. The van der Waals surface area contributed by atoms with E-state index in [9.17, 15) is 10.1 Å². The Balaban J connectivity index is 4.00. The first-order valence-corrected chi connectivity index (χ1v) is 3.55. The molecule has 0 unspecified atom stereocenters. The van der Waals surface area contributed by atoms with E-state index in [1.807, 2.05) is 6.92 Å². The number of hydrogen-bond acceptors (Lipinski definition) is 3. The van der Waals surface area contributed by atoms with Crippen molar-refractivity contribution in [1.29, 1.82) is 0 Å². The molecule has 0 aliphatic heterocycles. The molecule has 0 aromatic heterocycles. The zero-order valence-corrected chi connectivity index (χ0v) is 6.78. The summed E-state index contributed by atoms with van der Waals surface area (Å²) >= 11 is 0.